The summed E-state index contributed by atoms with van der Waals surface area (Å²) in [6, 6.07) is 0. The third kappa shape index (κ3) is 3.46. The van der Waals surface area contributed by atoms with Crippen molar-refractivity contribution in [3.63, 3.8) is 0 Å². The van der Waals surface area contributed by atoms with Crippen molar-refractivity contribution in [3.05, 3.63) is 0 Å². The number of carboxylic acids is 1. The lowest BCUT2D eigenvalue weighted by atomic mass is 9.92. The van der Waals surface area contributed by atoms with Crippen molar-refractivity contribution in [1.82, 2.24) is 0 Å². The van der Waals surface area contributed by atoms with Gasteiger partial charge in [0.05, 0.1) is 19.1 Å². The van der Waals surface area contributed by atoms with Crippen LogP contribution in [-0.4, -0.2) is 30.1 Å². The van der Waals surface area contributed by atoms with E-state index in [1.165, 1.54) is 0 Å². The van der Waals surface area contributed by atoms with Crippen LogP contribution in [0.2, 0.25) is 0 Å². The van der Waals surface area contributed by atoms with E-state index in [2.05, 4.69) is 13.8 Å². The van der Waals surface area contributed by atoms with Gasteiger partial charge >= 0.3 is 5.97 Å². The van der Waals surface area contributed by atoms with E-state index < -0.39 is 17.7 Å². The zero-order valence-electron chi connectivity index (χ0n) is 10.6. The summed E-state index contributed by atoms with van der Waals surface area (Å²) < 4.78 is 11.4. The van der Waals surface area contributed by atoms with Crippen LogP contribution in [0.5, 0.6) is 0 Å². The zero-order valence-corrected chi connectivity index (χ0v) is 10.6. The highest BCUT2D eigenvalue weighted by Crippen LogP contribution is 2.33. The molecule has 0 aliphatic carbocycles. The Morgan fingerprint density at radius 2 is 1.81 bits per heavy atom. The molecule has 0 aromatic carbocycles. The Morgan fingerprint density at radius 3 is 2.19 bits per heavy atom. The van der Waals surface area contributed by atoms with Crippen LogP contribution >= 0.6 is 0 Å². The van der Waals surface area contributed by atoms with E-state index >= 15 is 0 Å². The minimum atomic E-state index is -0.777. The largest absolute Gasteiger partial charge is 0.481 e. The van der Waals surface area contributed by atoms with Gasteiger partial charge in [-0.25, -0.2) is 0 Å². The number of aliphatic carboxylic acids is 1. The van der Waals surface area contributed by atoms with Crippen molar-refractivity contribution < 1.29 is 19.4 Å². The number of ether oxygens (including phenoxy) is 2. The van der Waals surface area contributed by atoms with Gasteiger partial charge in [-0.1, -0.05) is 20.8 Å². The lowest BCUT2D eigenvalue weighted by Gasteiger charge is -2.42. The number of carboxylic acid groups (broad SMARTS) is 1. The summed E-state index contributed by atoms with van der Waals surface area (Å²) in [5.74, 6) is -1.92. The first kappa shape index (κ1) is 13.5. The van der Waals surface area contributed by atoms with Crippen LogP contribution in [0.25, 0.3) is 0 Å². The molecule has 1 saturated heterocycles. The Kier molecular flexibility index (Phi) is 3.97. The maximum atomic E-state index is 11.0. The van der Waals surface area contributed by atoms with Gasteiger partial charge in [-0.2, -0.15) is 0 Å². The Labute approximate surface area is 96.9 Å². The van der Waals surface area contributed by atoms with Crippen LogP contribution in [-0.2, 0) is 14.3 Å². The maximum absolute atomic E-state index is 11.0. The van der Waals surface area contributed by atoms with Crippen molar-refractivity contribution in [2.45, 2.75) is 46.3 Å². The second-order valence-corrected chi connectivity index (χ2v) is 5.52. The summed E-state index contributed by atoms with van der Waals surface area (Å²) in [5, 5.41) is 9.01. The van der Waals surface area contributed by atoms with Crippen molar-refractivity contribution >= 4 is 5.97 Å². The Bertz CT molecular complexity index is 250. The third-order valence-corrected chi connectivity index (χ3v) is 3.00. The molecular formula is C12H22O4. The lowest BCUT2D eigenvalue weighted by Crippen LogP contribution is -2.47. The highest BCUT2D eigenvalue weighted by Gasteiger charge is 2.39. The van der Waals surface area contributed by atoms with Gasteiger partial charge < -0.3 is 14.6 Å². The first-order valence-corrected chi connectivity index (χ1v) is 5.79. The summed E-state index contributed by atoms with van der Waals surface area (Å²) in [5.41, 5.74) is 0.0183. The van der Waals surface area contributed by atoms with E-state index in [-0.39, 0.29) is 5.41 Å². The van der Waals surface area contributed by atoms with E-state index in [1.54, 1.807) is 0 Å². The van der Waals surface area contributed by atoms with E-state index in [0.717, 1.165) is 0 Å². The van der Waals surface area contributed by atoms with Crippen molar-refractivity contribution in [2.75, 3.05) is 13.2 Å². The smallest absolute Gasteiger partial charge is 0.306 e. The predicted octanol–water partition coefficient (Wildman–Crippen LogP) is 2.28. The summed E-state index contributed by atoms with van der Waals surface area (Å²) in [4.78, 5) is 11.0. The van der Waals surface area contributed by atoms with Gasteiger partial charge in [0, 0.05) is 11.8 Å². The minimum absolute atomic E-state index is 0.0183. The molecule has 0 radical (unpaired) electrons. The Balaban J connectivity index is 2.56. The van der Waals surface area contributed by atoms with Gasteiger partial charge in [-0.05, 0) is 13.3 Å². The van der Waals surface area contributed by atoms with Gasteiger partial charge in [0.25, 0.3) is 0 Å². The lowest BCUT2D eigenvalue weighted by molar-refractivity contribution is -0.295. The first-order chi connectivity index (χ1) is 7.28. The Hall–Kier alpha value is -0.610. The molecule has 1 fully saturated rings. The number of hydrogen-bond acceptors (Lipinski definition) is 3. The fourth-order valence-corrected chi connectivity index (χ4v) is 1.75. The standard InChI is InChI=1S/C12H22O4/c1-5-9(10(13)14)6-12(4)15-7-11(2,3)8-16-12/h9H,5-8H2,1-4H3,(H,13,14)/t9-/m1/s1. The molecule has 1 N–H and O–H groups in total. The predicted molar refractivity (Wildman–Crippen MR) is 60.1 cm³/mol. The molecular weight excluding hydrogens is 208 g/mol. The molecule has 0 amide bonds. The molecule has 0 aromatic rings. The summed E-state index contributed by atoms with van der Waals surface area (Å²) in [6.45, 7) is 9.06. The van der Waals surface area contributed by atoms with E-state index in [1.807, 2.05) is 13.8 Å². The second-order valence-electron chi connectivity index (χ2n) is 5.52. The van der Waals surface area contributed by atoms with E-state index in [0.29, 0.717) is 26.1 Å². The zero-order chi connectivity index (χ0) is 12.4. The summed E-state index contributed by atoms with van der Waals surface area (Å²) >= 11 is 0. The van der Waals surface area contributed by atoms with Crippen LogP contribution in [0.3, 0.4) is 0 Å². The normalized spacial score (nSPS) is 25.0. The molecule has 16 heavy (non-hydrogen) atoms. The van der Waals surface area contributed by atoms with Gasteiger partial charge in [-0.15, -0.1) is 0 Å². The molecule has 0 spiro atoms. The number of rotatable bonds is 4. The molecule has 1 rings (SSSR count). The van der Waals surface area contributed by atoms with Crippen LogP contribution in [0.1, 0.15) is 40.5 Å². The average molecular weight is 230 g/mol. The second kappa shape index (κ2) is 4.72. The summed E-state index contributed by atoms with van der Waals surface area (Å²) in [7, 11) is 0. The molecule has 1 heterocycles. The van der Waals surface area contributed by atoms with Gasteiger partial charge in [0.1, 0.15) is 0 Å². The van der Waals surface area contributed by atoms with Crippen LogP contribution < -0.4 is 0 Å². The van der Waals surface area contributed by atoms with Gasteiger partial charge in [-0.3, -0.25) is 4.79 Å². The minimum Gasteiger partial charge on any atom is -0.481 e. The molecule has 1 aliphatic rings. The average Bonchev–Trinajstić information content (AvgIpc) is 2.20. The Morgan fingerprint density at radius 1 is 1.31 bits per heavy atom. The van der Waals surface area contributed by atoms with Crippen LogP contribution in [0, 0.1) is 11.3 Å². The molecule has 0 aromatic heterocycles. The van der Waals surface area contributed by atoms with Crippen molar-refractivity contribution in [2.24, 2.45) is 11.3 Å². The molecule has 0 unspecified atom stereocenters. The summed E-state index contributed by atoms with van der Waals surface area (Å²) in [6.07, 6.45) is 1.01. The van der Waals surface area contributed by atoms with Gasteiger partial charge in [0.2, 0.25) is 0 Å². The van der Waals surface area contributed by atoms with Crippen molar-refractivity contribution in [1.29, 1.82) is 0 Å². The van der Waals surface area contributed by atoms with Gasteiger partial charge in [0.15, 0.2) is 5.79 Å². The monoisotopic (exact) mass is 230 g/mol. The van der Waals surface area contributed by atoms with Crippen molar-refractivity contribution in [3.8, 4) is 0 Å². The molecule has 0 bridgehead atoms. The quantitative estimate of drug-likeness (QED) is 0.805. The molecule has 1 aliphatic heterocycles. The number of hydrogen-bond donors (Lipinski definition) is 1. The SMILES string of the molecule is CC[C@H](CC1(C)OCC(C)(C)CO1)C(=O)O. The third-order valence-electron chi connectivity index (χ3n) is 3.00. The topological polar surface area (TPSA) is 55.8 Å². The van der Waals surface area contributed by atoms with Crippen LogP contribution in [0.15, 0.2) is 0 Å². The molecule has 0 saturated carbocycles. The molecule has 4 heteroatoms. The van der Waals surface area contributed by atoms with Crippen LogP contribution in [0.4, 0.5) is 0 Å². The molecule has 94 valence electrons. The fraction of sp³-hybridized carbons (Fsp3) is 0.917. The van der Waals surface area contributed by atoms with E-state index in [4.69, 9.17) is 14.6 Å². The first-order valence-electron chi connectivity index (χ1n) is 5.79. The molecule has 4 nitrogen and oxygen atoms in total. The van der Waals surface area contributed by atoms with E-state index in [9.17, 15) is 4.79 Å². The molecule has 1 atom stereocenters. The fourth-order valence-electron chi connectivity index (χ4n) is 1.75. The maximum Gasteiger partial charge on any atom is 0.306 e. The highest BCUT2D eigenvalue weighted by molar-refractivity contribution is 5.69. The highest BCUT2D eigenvalue weighted by atomic mass is 16.7. The number of carbonyl (C=O) groups is 1.